The smallest absolute Gasteiger partial charge is 0.252 e. The minimum absolute atomic E-state index is 0.0927. The maximum atomic E-state index is 13.7. The van der Waals surface area contributed by atoms with Crippen molar-refractivity contribution in [3.8, 4) is 5.69 Å². The van der Waals surface area contributed by atoms with E-state index in [1.807, 2.05) is 31.3 Å². The fraction of sp³-hybridized carbons (Fsp3) is 0.389. The van der Waals surface area contributed by atoms with Crippen LogP contribution in [0, 0.1) is 0 Å². The van der Waals surface area contributed by atoms with Gasteiger partial charge in [-0.2, -0.15) is 10.2 Å². The van der Waals surface area contributed by atoms with Crippen LogP contribution in [0.25, 0.3) is 5.69 Å². The maximum absolute atomic E-state index is 13.7. The first-order valence-electron chi connectivity index (χ1n) is 8.58. The van der Waals surface area contributed by atoms with Crippen molar-refractivity contribution >= 4 is 0 Å². The highest BCUT2D eigenvalue weighted by Crippen LogP contribution is 2.34. The van der Waals surface area contributed by atoms with Gasteiger partial charge in [0.05, 0.1) is 11.4 Å². The molecule has 0 unspecified atom stereocenters. The van der Waals surface area contributed by atoms with Gasteiger partial charge in [0.25, 0.3) is 5.92 Å². The van der Waals surface area contributed by atoms with Crippen LogP contribution in [-0.2, 0) is 33.0 Å². The first-order valence-corrected chi connectivity index (χ1v) is 8.58. The molecule has 0 atom stereocenters. The Balaban J connectivity index is 1.40. The third-order valence-electron chi connectivity index (χ3n) is 4.76. The van der Waals surface area contributed by atoms with Gasteiger partial charge in [0.1, 0.15) is 12.7 Å². The van der Waals surface area contributed by atoms with Gasteiger partial charge in [0.15, 0.2) is 0 Å². The molecule has 4 rings (SSSR count). The van der Waals surface area contributed by atoms with Gasteiger partial charge < -0.3 is 5.32 Å². The molecule has 2 aromatic heterocycles. The molecule has 1 aliphatic carbocycles. The number of hydrogen-bond donors (Lipinski definition) is 1. The molecule has 0 radical (unpaired) electrons. The Bertz CT molecular complexity index is 883. The summed E-state index contributed by atoms with van der Waals surface area (Å²) in [6, 6.07) is 7.95. The van der Waals surface area contributed by atoms with Gasteiger partial charge in [-0.05, 0) is 24.1 Å². The predicted molar refractivity (Wildman–Crippen MR) is 92.1 cm³/mol. The molecule has 6 nitrogen and oxygen atoms in total. The summed E-state index contributed by atoms with van der Waals surface area (Å²) >= 11 is 0. The molecular weight excluding hydrogens is 338 g/mol. The third-order valence-corrected chi connectivity index (χ3v) is 4.76. The minimum atomic E-state index is -2.62. The Labute approximate surface area is 149 Å². The average molecular weight is 358 g/mol. The van der Waals surface area contributed by atoms with Crippen LogP contribution < -0.4 is 5.32 Å². The van der Waals surface area contributed by atoms with Crippen molar-refractivity contribution in [1.29, 1.82) is 0 Å². The van der Waals surface area contributed by atoms with Crippen LogP contribution in [0.5, 0.6) is 0 Å². The Morgan fingerprint density at radius 3 is 2.73 bits per heavy atom. The maximum Gasteiger partial charge on any atom is 0.252 e. The second-order valence-electron chi connectivity index (χ2n) is 6.64. The molecule has 26 heavy (non-hydrogen) atoms. The van der Waals surface area contributed by atoms with Crippen molar-refractivity contribution in [2.75, 3.05) is 0 Å². The molecule has 0 aliphatic heterocycles. The van der Waals surface area contributed by atoms with Crippen LogP contribution >= 0.6 is 0 Å². The predicted octanol–water partition coefficient (Wildman–Crippen LogP) is 2.41. The number of aromatic nitrogens is 5. The zero-order chi connectivity index (χ0) is 18.1. The van der Waals surface area contributed by atoms with Gasteiger partial charge in [-0.3, -0.25) is 4.68 Å². The van der Waals surface area contributed by atoms with Crippen LogP contribution in [-0.4, -0.2) is 30.5 Å². The van der Waals surface area contributed by atoms with E-state index in [2.05, 4.69) is 20.5 Å². The number of hydrogen-bond acceptors (Lipinski definition) is 4. The Morgan fingerprint density at radius 1 is 1.19 bits per heavy atom. The first-order chi connectivity index (χ1) is 12.5. The molecule has 0 saturated heterocycles. The standard InChI is InChI=1S/C18H20F2N6/c1-25-17-6-7-18(19,20)8-15(17)16(24-25)10-21-9-13-2-4-14(5-3-13)26-12-22-11-23-26/h2-5,11-12,21H,6-10H2,1H3. The lowest BCUT2D eigenvalue weighted by Crippen LogP contribution is -2.27. The molecule has 8 heteroatoms. The summed E-state index contributed by atoms with van der Waals surface area (Å²) < 4.78 is 30.9. The minimum Gasteiger partial charge on any atom is -0.307 e. The lowest BCUT2D eigenvalue weighted by atomic mass is 9.92. The Kier molecular flexibility index (Phi) is 4.28. The molecule has 0 saturated carbocycles. The van der Waals surface area contributed by atoms with Gasteiger partial charge in [0.2, 0.25) is 0 Å². The molecule has 0 bridgehead atoms. The molecule has 0 fully saturated rings. The number of rotatable bonds is 5. The van der Waals surface area contributed by atoms with Gasteiger partial charge in [0, 0.05) is 44.2 Å². The van der Waals surface area contributed by atoms with E-state index in [1.54, 1.807) is 15.7 Å². The van der Waals surface area contributed by atoms with Gasteiger partial charge in [-0.25, -0.2) is 18.4 Å². The number of halogens is 2. The van der Waals surface area contributed by atoms with E-state index in [1.165, 1.54) is 6.33 Å². The highest BCUT2D eigenvalue weighted by Gasteiger charge is 2.37. The average Bonchev–Trinajstić information content (AvgIpc) is 3.24. The Hall–Kier alpha value is -2.61. The van der Waals surface area contributed by atoms with Gasteiger partial charge in [-0.15, -0.1) is 0 Å². The molecule has 0 amide bonds. The zero-order valence-corrected chi connectivity index (χ0v) is 14.5. The van der Waals surface area contributed by atoms with E-state index in [9.17, 15) is 8.78 Å². The van der Waals surface area contributed by atoms with Crippen LogP contribution in [0.4, 0.5) is 8.78 Å². The molecule has 136 valence electrons. The number of nitrogens with zero attached hydrogens (tertiary/aromatic N) is 5. The summed E-state index contributed by atoms with van der Waals surface area (Å²) in [4.78, 5) is 3.93. The molecule has 1 aliphatic rings. The molecule has 1 N–H and O–H groups in total. The topological polar surface area (TPSA) is 60.6 Å². The second-order valence-corrected chi connectivity index (χ2v) is 6.64. The van der Waals surface area contributed by atoms with Gasteiger partial charge in [-0.1, -0.05) is 12.1 Å². The SMILES string of the molecule is Cn1nc(CNCc2ccc(-n3cncn3)cc2)c2c1CCC(F)(F)C2. The van der Waals surface area contributed by atoms with Crippen LogP contribution in [0.15, 0.2) is 36.9 Å². The normalized spacial score (nSPS) is 15.8. The number of benzene rings is 1. The third kappa shape index (κ3) is 3.37. The van der Waals surface area contributed by atoms with Crippen LogP contribution in [0.1, 0.15) is 28.9 Å². The summed E-state index contributed by atoms with van der Waals surface area (Å²) in [5.41, 5.74) is 4.40. The van der Waals surface area contributed by atoms with E-state index in [0.717, 1.165) is 22.6 Å². The molecule has 3 aromatic rings. The summed E-state index contributed by atoms with van der Waals surface area (Å²) in [6.45, 7) is 1.11. The van der Waals surface area contributed by atoms with Crippen molar-refractivity contribution in [2.24, 2.45) is 7.05 Å². The van der Waals surface area contributed by atoms with E-state index in [0.29, 0.717) is 25.1 Å². The fourth-order valence-corrected chi connectivity index (χ4v) is 3.40. The fourth-order valence-electron chi connectivity index (χ4n) is 3.40. The van der Waals surface area contributed by atoms with Crippen molar-refractivity contribution in [2.45, 2.75) is 38.3 Å². The molecule has 1 aromatic carbocycles. The number of nitrogens with one attached hydrogen (secondary N) is 1. The van der Waals surface area contributed by atoms with Crippen LogP contribution in [0.3, 0.4) is 0 Å². The number of aryl methyl sites for hydroxylation is 1. The zero-order valence-electron chi connectivity index (χ0n) is 14.5. The lowest BCUT2D eigenvalue weighted by Gasteiger charge is -2.22. The lowest BCUT2D eigenvalue weighted by molar-refractivity contribution is -0.0130. The number of alkyl halides is 2. The van der Waals surface area contributed by atoms with Gasteiger partial charge >= 0.3 is 0 Å². The summed E-state index contributed by atoms with van der Waals surface area (Å²) in [5, 5.41) is 11.8. The second kappa shape index (κ2) is 6.60. The van der Waals surface area contributed by atoms with Crippen molar-refractivity contribution in [3.05, 3.63) is 59.4 Å². The van der Waals surface area contributed by atoms with Crippen molar-refractivity contribution < 1.29 is 8.78 Å². The first kappa shape index (κ1) is 16.8. The Morgan fingerprint density at radius 2 is 2.00 bits per heavy atom. The quantitative estimate of drug-likeness (QED) is 0.761. The van der Waals surface area contributed by atoms with E-state index >= 15 is 0 Å². The van der Waals surface area contributed by atoms with Crippen LogP contribution in [0.2, 0.25) is 0 Å². The monoisotopic (exact) mass is 358 g/mol. The van der Waals surface area contributed by atoms with Crippen molar-refractivity contribution in [1.82, 2.24) is 29.9 Å². The summed E-state index contributed by atoms with van der Waals surface area (Å²) in [5.74, 6) is -2.62. The summed E-state index contributed by atoms with van der Waals surface area (Å²) in [6.07, 6.45) is 3.22. The highest BCUT2D eigenvalue weighted by atomic mass is 19.3. The molecule has 0 spiro atoms. The number of fused-ring (bicyclic) bond motifs is 1. The van der Waals surface area contributed by atoms with E-state index < -0.39 is 5.92 Å². The molecular formula is C18H20F2N6. The van der Waals surface area contributed by atoms with Crippen molar-refractivity contribution in [3.63, 3.8) is 0 Å². The summed E-state index contributed by atoms with van der Waals surface area (Å²) in [7, 11) is 1.83. The highest BCUT2D eigenvalue weighted by molar-refractivity contribution is 5.33. The largest absolute Gasteiger partial charge is 0.307 e. The van der Waals surface area contributed by atoms with E-state index in [4.69, 9.17) is 0 Å². The molecule has 2 heterocycles. The van der Waals surface area contributed by atoms with E-state index in [-0.39, 0.29) is 12.8 Å².